The van der Waals surface area contributed by atoms with Crippen LogP contribution in [0.3, 0.4) is 0 Å². The van der Waals surface area contributed by atoms with Gasteiger partial charge in [-0.1, -0.05) is 37.3 Å². The van der Waals surface area contributed by atoms with Crippen LogP contribution >= 0.6 is 0 Å². The zero-order chi connectivity index (χ0) is 21.1. The quantitative estimate of drug-likeness (QED) is 0.648. The highest BCUT2D eigenvalue weighted by Gasteiger charge is 2.36. The summed E-state index contributed by atoms with van der Waals surface area (Å²) in [6.45, 7) is 3.55. The molecular weight excluding hydrogens is 381 g/mol. The van der Waals surface area contributed by atoms with Crippen LogP contribution < -0.4 is 5.56 Å². The van der Waals surface area contributed by atoms with Crippen molar-refractivity contribution >= 4 is 5.91 Å². The van der Waals surface area contributed by atoms with Crippen molar-refractivity contribution in [2.24, 2.45) is 5.41 Å². The fourth-order valence-electron chi connectivity index (χ4n) is 3.95. The summed E-state index contributed by atoms with van der Waals surface area (Å²) < 4.78 is 14.3. The number of aryl methyl sites for hydroxylation is 1. The molecule has 1 saturated heterocycles. The van der Waals surface area contributed by atoms with Gasteiger partial charge in [0, 0.05) is 19.2 Å². The fraction of sp³-hybridized carbons (Fsp3) is 0.292. The van der Waals surface area contributed by atoms with Gasteiger partial charge in [0.25, 0.3) is 11.5 Å². The Morgan fingerprint density at radius 1 is 1.07 bits per heavy atom. The standard InChI is InChI=1S/C24H24FN3O2/c1-24(14-13-18-5-3-2-4-6-18)15-16-27(17-24)23(30)21-11-12-22(29)28(26-21)20-9-7-19(25)8-10-20/h2-12H,13-17H2,1H3/t24-/m1/s1. The van der Waals surface area contributed by atoms with Crippen LogP contribution in [0.2, 0.25) is 0 Å². The molecule has 1 aliphatic rings. The minimum Gasteiger partial charge on any atom is -0.337 e. The summed E-state index contributed by atoms with van der Waals surface area (Å²) >= 11 is 0. The molecule has 1 aromatic heterocycles. The number of nitrogens with zero attached hydrogens (tertiary/aromatic N) is 3. The Hall–Kier alpha value is -3.28. The van der Waals surface area contributed by atoms with Crippen LogP contribution in [0.25, 0.3) is 5.69 Å². The van der Waals surface area contributed by atoms with Crippen LogP contribution in [0.15, 0.2) is 71.5 Å². The molecule has 0 aliphatic carbocycles. The van der Waals surface area contributed by atoms with Crippen molar-refractivity contribution in [2.75, 3.05) is 13.1 Å². The fourth-order valence-corrected chi connectivity index (χ4v) is 3.95. The number of aromatic nitrogens is 2. The Morgan fingerprint density at radius 3 is 2.53 bits per heavy atom. The highest BCUT2D eigenvalue weighted by Crippen LogP contribution is 2.35. The first-order chi connectivity index (χ1) is 14.4. The summed E-state index contributed by atoms with van der Waals surface area (Å²) in [5, 5.41) is 4.25. The average Bonchev–Trinajstić information content (AvgIpc) is 3.16. The smallest absolute Gasteiger partial charge is 0.274 e. The first kappa shape index (κ1) is 20.0. The number of amides is 1. The second-order valence-corrected chi connectivity index (χ2v) is 8.22. The number of rotatable bonds is 5. The van der Waals surface area contributed by atoms with Crippen LogP contribution in [-0.4, -0.2) is 33.7 Å². The lowest BCUT2D eigenvalue weighted by Gasteiger charge is -2.24. The maximum Gasteiger partial charge on any atom is 0.274 e. The Kier molecular flexibility index (Phi) is 5.48. The molecule has 6 heteroatoms. The minimum atomic E-state index is -0.397. The van der Waals surface area contributed by atoms with Crippen molar-refractivity contribution in [3.05, 3.63) is 94.2 Å². The van der Waals surface area contributed by atoms with Crippen LogP contribution in [0.1, 0.15) is 35.8 Å². The minimum absolute atomic E-state index is 0.0525. The maximum absolute atomic E-state index is 13.2. The van der Waals surface area contributed by atoms with E-state index in [4.69, 9.17) is 0 Å². The van der Waals surface area contributed by atoms with E-state index in [1.165, 1.54) is 42.0 Å². The van der Waals surface area contributed by atoms with Gasteiger partial charge in [0.05, 0.1) is 5.69 Å². The van der Waals surface area contributed by atoms with Gasteiger partial charge in [0.1, 0.15) is 11.5 Å². The number of carbonyl (C=O) groups excluding carboxylic acids is 1. The summed E-state index contributed by atoms with van der Waals surface area (Å²) in [6.07, 6.45) is 2.92. The molecule has 4 rings (SSSR count). The number of hydrogen-bond acceptors (Lipinski definition) is 3. The highest BCUT2D eigenvalue weighted by atomic mass is 19.1. The predicted molar refractivity (Wildman–Crippen MR) is 113 cm³/mol. The third-order valence-electron chi connectivity index (χ3n) is 5.80. The summed E-state index contributed by atoms with van der Waals surface area (Å²) in [4.78, 5) is 27.1. The Balaban J connectivity index is 1.48. The summed E-state index contributed by atoms with van der Waals surface area (Å²) in [6, 6.07) is 18.6. The van der Waals surface area contributed by atoms with E-state index in [0.29, 0.717) is 18.8 Å². The second kappa shape index (κ2) is 8.22. The van der Waals surface area contributed by atoms with Gasteiger partial charge in [-0.2, -0.15) is 9.78 Å². The van der Waals surface area contributed by atoms with E-state index in [2.05, 4.69) is 24.2 Å². The first-order valence-corrected chi connectivity index (χ1v) is 10.1. The van der Waals surface area contributed by atoms with E-state index in [9.17, 15) is 14.0 Å². The molecular formula is C24H24FN3O2. The summed E-state index contributed by atoms with van der Waals surface area (Å²) in [5.41, 5.74) is 1.62. The number of halogens is 1. The van der Waals surface area contributed by atoms with Gasteiger partial charge < -0.3 is 4.90 Å². The van der Waals surface area contributed by atoms with Gasteiger partial charge in [-0.25, -0.2) is 4.39 Å². The lowest BCUT2D eigenvalue weighted by molar-refractivity contribution is 0.0766. The van der Waals surface area contributed by atoms with Crippen LogP contribution in [-0.2, 0) is 6.42 Å². The first-order valence-electron chi connectivity index (χ1n) is 10.1. The molecule has 2 heterocycles. The van der Waals surface area contributed by atoms with E-state index in [-0.39, 0.29) is 22.6 Å². The molecule has 1 amide bonds. The van der Waals surface area contributed by atoms with Gasteiger partial charge in [0.2, 0.25) is 0 Å². The van der Waals surface area contributed by atoms with E-state index in [0.717, 1.165) is 23.9 Å². The van der Waals surface area contributed by atoms with Crippen molar-refractivity contribution in [3.63, 3.8) is 0 Å². The summed E-state index contributed by atoms with van der Waals surface area (Å²) in [5.74, 6) is -0.583. The van der Waals surface area contributed by atoms with Gasteiger partial charge in [0.15, 0.2) is 0 Å². The summed E-state index contributed by atoms with van der Waals surface area (Å²) in [7, 11) is 0. The molecule has 1 atom stereocenters. The lowest BCUT2D eigenvalue weighted by atomic mass is 9.83. The Bertz CT molecular complexity index is 1100. The second-order valence-electron chi connectivity index (χ2n) is 8.22. The molecule has 1 aliphatic heterocycles. The zero-order valence-electron chi connectivity index (χ0n) is 16.9. The SMILES string of the molecule is C[C@@]1(CCc2ccccc2)CCN(C(=O)c2ccc(=O)n(-c3ccc(F)cc3)n2)C1. The van der Waals surface area contributed by atoms with Crippen molar-refractivity contribution < 1.29 is 9.18 Å². The average molecular weight is 405 g/mol. The maximum atomic E-state index is 13.2. The molecule has 30 heavy (non-hydrogen) atoms. The van der Waals surface area contributed by atoms with E-state index in [1.807, 2.05) is 23.1 Å². The van der Waals surface area contributed by atoms with Crippen molar-refractivity contribution in [1.29, 1.82) is 0 Å². The zero-order valence-corrected chi connectivity index (χ0v) is 16.9. The number of hydrogen-bond donors (Lipinski definition) is 0. The van der Waals surface area contributed by atoms with Gasteiger partial charge in [-0.15, -0.1) is 0 Å². The number of carbonyl (C=O) groups is 1. The van der Waals surface area contributed by atoms with E-state index >= 15 is 0 Å². The van der Waals surface area contributed by atoms with E-state index in [1.54, 1.807) is 0 Å². The van der Waals surface area contributed by atoms with Gasteiger partial charge in [-0.05, 0) is 60.6 Å². The molecule has 0 saturated carbocycles. The van der Waals surface area contributed by atoms with Crippen molar-refractivity contribution in [1.82, 2.24) is 14.7 Å². The molecule has 1 fully saturated rings. The monoisotopic (exact) mass is 405 g/mol. The molecule has 154 valence electrons. The van der Waals surface area contributed by atoms with Crippen LogP contribution in [0, 0.1) is 11.2 Å². The van der Waals surface area contributed by atoms with Gasteiger partial charge in [-0.3, -0.25) is 9.59 Å². The topological polar surface area (TPSA) is 55.2 Å². The van der Waals surface area contributed by atoms with Gasteiger partial charge >= 0.3 is 0 Å². The molecule has 2 aromatic carbocycles. The molecule has 0 unspecified atom stereocenters. The van der Waals surface area contributed by atoms with E-state index < -0.39 is 5.82 Å². The molecule has 3 aromatic rings. The third kappa shape index (κ3) is 4.32. The molecule has 5 nitrogen and oxygen atoms in total. The number of likely N-dealkylation sites (tertiary alicyclic amines) is 1. The number of benzene rings is 2. The third-order valence-corrected chi connectivity index (χ3v) is 5.80. The molecule has 0 spiro atoms. The predicted octanol–water partition coefficient (Wildman–Crippen LogP) is 3.86. The lowest BCUT2D eigenvalue weighted by Crippen LogP contribution is -2.33. The molecule has 0 bridgehead atoms. The van der Waals surface area contributed by atoms with Crippen LogP contribution in [0.4, 0.5) is 4.39 Å². The van der Waals surface area contributed by atoms with Crippen molar-refractivity contribution in [2.45, 2.75) is 26.2 Å². The van der Waals surface area contributed by atoms with Crippen LogP contribution in [0.5, 0.6) is 0 Å². The molecule has 0 radical (unpaired) electrons. The largest absolute Gasteiger partial charge is 0.337 e. The molecule has 0 N–H and O–H groups in total. The van der Waals surface area contributed by atoms with Crippen molar-refractivity contribution in [3.8, 4) is 5.69 Å². The highest BCUT2D eigenvalue weighted by molar-refractivity contribution is 5.92. The Morgan fingerprint density at radius 2 is 1.80 bits per heavy atom. The Labute approximate surface area is 174 Å². The normalized spacial score (nSPS) is 18.5.